The van der Waals surface area contributed by atoms with E-state index in [4.69, 9.17) is 16.7 Å². The quantitative estimate of drug-likeness (QED) is 0.779. The van der Waals surface area contributed by atoms with Crippen LogP contribution in [0.4, 0.5) is 0 Å². The molecule has 10 heteroatoms. The number of sulfonamides is 1. The molecule has 1 aliphatic heterocycles. The lowest BCUT2D eigenvalue weighted by molar-refractivity contribution is -0.138. The maximum atomic E-state index is 12.8. The molecule has 0 aromatic carbocycles. The van der Waals surface area contributed by atoms with E-state index in [-0.39, 0.29) is 35.5 Å². The zero-order chi connectivity index (χ0) is 18.6. The van der Waals surface area contributed by atoms with Gasteiger partial charge in [-0.3, -0.25) is 14.6 Å². The summed E-state index contributed by atoms with van der Waals surface area (Å²) in [5, 5.41) is 9.30. The number of amides is 1. The first-order chi connectivity index (χ1) is 11.8. The standard InChI is InChI=1S/C15H20ClN3O5S/c1-2-25(23,24)18-7-4-11(5-8-18)19(10-14(20)21)15(22)12-3-6-17-9-13(12)16/h3,6,9,11H,2,4-5,7-8,10H2,1H3,(H,20,21). The molecular weight excluding hydrogens is 370 g/mol. The molecule has 1 fully saturated rings. The predicted octanol–water partition coefficient (Wildman–Crippen LogP) is 1.08. The fourth-order valence-electron chi connectivity index (χ4n) is 2.83. The minimum Gasteiger partial charge on any atom is -0.480 e. The first kappa shape index (κ1) is 19.6. The topological polar surface area (TPSA) is 108 Å². The lowest BCUT2D eigenvalue weighted by atomic mass is 10.0. The fourth-order valence-corrected chi connectivity index (χ4v) is 4.16. The molecule has 1 amide bonds. The van der Waals surface area contributed by atoms with Gasteiger partial charge in [0.15, 0.2) is 0 Å². The van der Waals surface area contributed by atoms with Crippen molar-refractivity contribution in [2.24, 2.45) is 0 Å². The van der Waals surface area contributed by atoms with Gasteiger partial charge in [0.2, 0.25) is 10.0 Å². The highest BCUT2D eigenvalue weighted by Gasteiger charge is 2.33. The average Bonchev–Trinajstić information content (AvgIpc) is 2.59. The third-order valence-corrected chi connectivity index (χ3v) is 6.37. The number of aromatic nitrogens is 1. The van der Waals surface area contributed by atoms with Gasteiger partial charge in [-0.2, -0.15) is 0 Å². The van der Waals surface area contributed by atoms with Crippen molar-refractivity contribution in [1.29, 1.82) is 0 Å². The number of nitrogens with zero attached hydrogens (tertiary/aromatic N) is 3. The molecular formula is C15H20ClN3O5S. The van der Waals surface area contributed by atoms with Crippen LogP contribution in [0.5, 0.6) is 0 Å². The van der Waals surface area contributed by atoms with Gasteiger partial charge in [-0.25, -0.2) is 12.7 Å². The van der Waals surface area contributed by atoms with Crippen LogP contribution in [0.25, 0.3) is 0 Å². The zero-order valence-electron chi connectivity index (χ0n) is 13.8. The Morgan fingerprint density at radius 1 is 1.40 bits per heavy atom. The molecule has 0 saturated carbocycles. The molecule has 0 unspecified atom stereocenters. The van der Waals surface area contributed by atoms with E-state index < -0.39 is 28.4 Å². The molecule has 1 aromatic heterocycles. The van der Waals surface area contributed by atoms with Gasteiger partial charge in [-0.15, -0.1) is 0 Å². The van der Waals surface area contributed by atoms with Crippen molar-refractivity contribution in [3.05, 3.63) is 29.0 Å². The zero-order valence-corrected chi connectivity index (χ0v) is 15.3. The number of carbonyl (C=O) groups is 2. The number of aliphatic carboxylic acids is 1. The van der Waals surface area contributed by atoms with Crippen LogP contribution >= 0.6 is 11.6 Å². The smallest absolute Gasteiger partial charge is 0.323 e. The monoisotopic (exact) mass is 389 g/mol. The Balaban J connectivity index is 2.18. The highest BCUT2D eigenvalue weighted by atomic mass is 35.5. The number of carboxylic acids is 1. The van der Waals surface area contributed by atoms with E-state index in [2.05, 4.69) is 4.98 Å². The summed E-state index contributed by atoms with van der Waals surface area (Å²) in [6.07, 6.45) is 3.49. The second kappa shape index (κ2) is 8.11. The summed E-state index contributed by atoms with van der Waals surface area (Å²) in [6, 6.07) is 1.08. The summed E-state index contributed by atoms with van der Waals surface area (Å²) in [4.78, 5) is 29.0. The molecule has 1 saturated heterocycles. The molecule has 1 aliphatic rings. The second-order valence-corrected chi connectivity index (χ2v) is 8.38. The van der Waals surface area contributed by atoms with Crippen LogP contribution in [0.3, 0.4) is 0 Å². The molecule has 1 N–H and O–H groups in total. The summed E-state index contributed by atoms with van der Waals surface area (Å²) in [5.74, 6) is -1.61. The SMILES string of the molecule is CCS(=O)(=O)N1CCC(N(CC(=O)O)C(=O)c2ccncc2Cl)CC1. The van der Waals surface area contributed by atoms with Crippen LogP contribution in [-0.4, -0.2) is 71.0 Å². The third kappa shape index (κ3) is 4.68. The molecule has 8 nitrogen and oxygen atoms in total. The molecule has 2 rings (SSSR count). The van der Waals surface area contributed by atoms with Gasteiger partial charge in [0.25, 0.3) is 5.91 Å². The summed E-state index contributed by atoms with van der Waals surface area (Å²) in [6.45, 7) is 1.62. The predicted molar refractivity (Wildman–Crippen MR) is 92.0 cm³/mol. The molecule has 0 atom stereocenters. The van der Waals surface area contributed by atoms with Gasteiger partial charge >= 0.3 is 5.97 Å². The number of carboxylic acid groups (broad SMARTS) is 1. The lowest BCUT2D eigenvalue weighted by Gasteiger charge is -2.37. The Kier molecular flexibility index (Phi) is 6.36. The van der Waals surface area contributed by atoms with Crippen LogP contribution in [0.1, 0.15) is 30.1 Å². The molecule has 0 radical (unpaired) electrons. The van der Waals surface area contributed by atoms with Crippen LogP contribution in [0, 0.1) is 0 Å². The van der Waals surface area contributed by atoms with Crippen molar-refractivity contribution in [3.63, 3.8) is 0 Å². The molecule has 0 spiro atoms. The van der Waals surface area contributed by atoms with E-state index in [1.807, 2.05) is 0 Å². The second-order valence-electron chi connectivity index (χ2n) is 5.71. The Morgan fingerprint density at radius 3 is 2.56 bits per heavy atom. The maximum absolute atomic E-state index is 12.8. The van der Waals surface area contributed by atoms with Gasteiger partial charge in [0, 0.05) is 31.5 Å². The van der Waals surface area contributed by atoms with Gasteiger partial charge in [0.1, 0.15) is 6.54 Å². The van der Waals surface area contributed by atoms with Crippen LogP contribution < -0.4 is 0 Å². The maximum Gasteiger partial charge on any atom is 0.323 e. The Morgan fingerprint density at radius 2 is 2.04 bits per heavy atom. The molecule has 1 aromatic rings. The molecule has 0 bridgehead atoms. The number of piperidine rings is 1. The van der Waals surface area contributed by atoms with E-state index in [9.17, 15) is 18.0 Å². The first-order valence-electron chi connectivity index (χ1n) is 7.86. The highest BCUT2D eigenvalue weighted by Crippen LogP contribution is 2.23. The number of hydrogen-bond donors (Lipinski definition) is 1. The Labute approximate surface area is 151 Å². The fraction of sp³-hybridized carbons (Fsp3) is 0.533. The molecule has 0 aliphatic carbocycles. The minimum absolute atomic E-state index is 0.0159. The van der Waals surface area contributed by atoms with E-state index in [0.717, 1.165) is 0 Å². The number of hydrogen-bond acceptors (Lipinski definition) is 5. The highest BCUT2D eigenvalue weighted by molar-refractivity contribution is 7.89. The molecule has 25 heavy (non-hydrogen) atoms. The third-order valence-electron chi connectivity index (χ3n) is 4.19. The Hall–Kier alpha value is -1.71. The van der Waals surface area contributed by atoms with E-state index >= 15 is 0 Å². The van der Waals surface area contributed by atoms with Gasteiger partial charge in [-0.05, 0) is 25.8 Å². The number of pyridine rings is 1. The summed E-state index contributed by atoms with van der Waals surface area (Å²) in [5.41, 5.74) is 0.182. The van der Waals surface area contributed by atoms with Crippen molar-refractivity contribution >= 4 is 33.5 Å². The van der Waals surface area contributed by atoms with Crippen molar-refractivity contribution in [2.45, 2.75) is 25.8 Å². The van der Waals surface area contributed by atoms with Crippen molar-refractivity contribution < 1.29 is 23.1 Å². The van der Waals surface area contributed by atoms with E-state index in [0.29, 0.717) is 12.8 Å². The van der Waals surface area contributed by atoms with Gasteiger partial charge in [-0.1, -0.05) is 11.6 Å². The first-order valence-corrected chi connectivity index (χ1v) is 9.85. The van der Waals surface area contributed by atoms with Crippen molar-refractivity contribution in [3.8, 4) is 0 Å². The summed E-state index contributed by atoms with van der Waals surface area (Å²) in [7, 11) is -3.29. The largest absolute Gasteiger partial charge is 0.480 e. The normalized spacial score (nSPS) is 16.6. The van der Waals surface area contributed by atoms with Gasteiger partial charge < -0.3 is 10.0 Å². The lowest BCUT2D eigenvalue weighted by Crippen LogP contribution is -2.50. The average molecular weight is 390 g/mol. The van der Waals surface area contributed by atoms with Crippen LogP contribution in [-0.2, 0) is 14.8 Å². The number of halogens is 1. The number of carbonyl (C=O) groups excluding carboxylic acids is 1. The van der Waals surface area contributed by atoms with E-state index in [1.165, 1.54) is 27.7 Å². The summed E-state index contributed by atoms with van der Waals surface area (Å²) < 4.78 is 25.3. The van der Waals surface area contributed by atoms with Gasteiger partial charge in [0.05, 0.1) is 16.3 Å². The summed E-state index contributed by atoms with van der Waals surface area (Å²) >= 11 is 6.00. The minimum atomic E-state index is -3.29. The van der Waals surface area contributed by atoms with Crippen LogP contribution in [0.2, 0.25) is 5.02 Å². The van der Waals surface area contributed by atoms with Crippen LogP contribution in [0.15, 0.2) is 18.5 Å². The molecule has 2 heterocycles. The Bertz CT molecular complexity index is 747. The van der Waals surface area contributed by atoms with Crippen molar-refractivity contribution in [2.75, 3.05) is 25.4 Å². The van der Waals surface area contributed by atoms with Crippen molar-refractivity contribution in [1.82, 2.24) is 14.2 Å². The van der Waals surface area contributed by atoms with E-state index in [1.54, 1.807) is 6.92 Å². The number of rotatable bonds is 6. The molecule has 138 valence electrons.